The summed E-state index contributed by atoms with van der Waals surface area (Å²) in [7, 11) is -2.96. The molecule has 0 radical (unpaired) electrons. The minimum absolute atomic E-state index is 0.0475. The van der Waals surface area contributed by atoms with Crippen molar-refractivity contribution in [2.24, 2.45) is 0 Å². The van der Waals surface area contributed by atoms with Gasteiger partial charge in [0.2, 0.25) is 0 Å². The SMILES string of the molecule is CC1CCC(O)CS1(=O)=O. The van der Waals surface area contributed by atoms with Gasteiger partial charge in [-0.1, -0.05) is 0 Å². The lowest BCUT2D eigenvalue weighted by Crippen LogP contribution is -2.34. The summed E-state index contributed by atoms with van der Waals surface area (Å²) in [5, 5.41) is 8.73. The molecular formula is C6H12O3S. The van der Waals surface area contributed by atoms with Crippen molar-refractivity contribution in [3.05, 3.63) is 0 Å². The van der Waals surface area contributed by atoms with E-state index in [0.717, 1.165) is 0 Å². The van der Waals surface area contributed by atoms with E-state index >= 15 is 0 Å². The highest BCUT2D eigenvalue weighted by molar-refractivity contribution is 7.92. The Morgan fingerprint density at radius 1 is 1.40 bits per heavy atom. The van der Waals surface area contributed by atoms with E-state index in [4.69, 9.17) is 5.11 Å². The van der Waals surface area contributed by atoms with Crippen LogP contribution in [0, 0.1) is 0 Å². The van der Waals surface area contributed by atoms with Crippen molar-refractivity contribution in [2.75, 3.05) is 5.75 Å². The Labute approximate surface area is 61.0 Å². The van der Waals surface area contributed by atoms with Crippen LogP contribution < -0.4 is 0 Å². The van der Waals surface area contributed by atoms with Crippen molar-refractivity contribution < 1.29 is 13.5 Å². The normalized spacial score (nSPS) is 39.4. The Morgan fingerprint density at radius 3 is 2.40 bits per heavy atom. The number of hydrogen-bond donors (Lipinski definition) is 1. The second-order valence-corrected chi connectivity index (χ2v) is 5.34. The van der Waals surface area contributed by atoms with E-state index in [1.807, 2.05) is 0 Å². The van der Waals surface area contributed by atoms with Crippen LogP contribution >= 0.6 is 0 Å². The second kappa shape index (κ2) is 2.51. The molecule has 60 valence electrons. The molecule has 0 spiro atoms. The molecule has 0 aliphatic carbocycles. The fourth-order valence-corrected chi connectivity index (χ4v) is 2.65. The van der Waals surface area contributed by atoms with Gasteiger partial charge in [0.05, 0.1) is 17.1 Å². The molecule has 10 heavy (non-hydrogen) atoms. The van der Waals surface area contributed by atoms with Crippen LogP contribution in [0.15, 0.2) is 0 Å². The molecule has 0 bridgehead atoms. The van der Waals surface area contributed by atoms with Gasteiger partial charge in [-0.05, 0) is 19.8 Å². The van der Waals surface area contributed by atoms with Gasteiger partial charge in [-0.2, -0.15) is 0 Å². The third kappa shape index (κ3) is 1.49. The monoisotopic (exact) mass is 164 g/mol. The predicted octanol–water partition coefficient (Wildman–Crippen LogP) is -0.0556. The lowest BCUT2D eigenvalue weighted by molar-refractivity contribution is 0.177. The summed E-state index contributed by atoms with van der Waals surface area (Å²) in [5.74, 6) is -0.0475. The smallest absolute Gasteiger partial charge is 0.155 e. The summed E-state index contributed by atoms with van der Waals surface area (Å²) in [4.78, 5) is 0. The van der Waals surface area contributed by atoms with E-state index in [1.165, 1.54) is 0 Å². The molecule has 0 aromatic heterocycles. The fourth-order valence-electron chi connectivity index (χ4n) is 1.12. The predicted molar refractivity (Wildman–Crippen MR) is 38.5 cm³/mol. The number of rotatable bonds is 0. The molecule has 3 nitrogen and oxygen atoms in total. The van der Waals surface area contributed by atoms with Crippen molar-refractivity contribution in [3.63, 3.8) is 0 Å². The zero-order valence-electron chi connectivity index (χ0n) is 5.95. The maximum atomic E-state index is 11.0. The van der Waals surface area contributed by atoms with Crippen molar-refractivity contribution in [1.82, 2.24) is 0 Å². The molecule has 1 aliphatic heterocycles. The van der Waals surface area contributed by atoms with Gasteiger partial charge < -0.3 is 5.11 Å². The molecule has 1 fully saturated rings. The minimum atomic E-state index is -2.96. The lowest BCUT2D eigenvalue weighted by atomic mass is 10.2. The molecule has 0 aromatic rings. The first-order valence-electron chi connectivity index (χ1n) is 3.42. The van der Waals surface area contributed by atoms with Crippen LogP contribution in [0.3, 0.4) is 0 Å². The molecule has 2 atom stereocenters. The molecule has 1 N–H and O–H groups in total. The van der Waals surface area contributed by atoms with Crippen LogP contribution in [0.1, 0.15) is 19.8 Å². The van der Waals surface area contributed by atoms with Crippen molar-refractivity contribution in [2.45, 2.75) is 31.1 Å². The van der Waals surface area contributed by atoms with Crippen LogP contribution in [0.5, 0.6) is 0 Å². The third-order valence-corrected chi connectivity index (χ3v) is 4.26. The van der Waals surface area contributed by atoms with Gasteiger partial charge in [0.1, 0.15) is 0 Å². The Balaban J connectivity index is 2.74. The van der Waals surface area contributed by atoms with Gasteiger partial charge >= 0.3 is 0 Å². The van der Waals surface area contributed by atoms with E-state index in [1.54, 1.807) is 6.92 Å². The van der Waals surface area contributed by atoms with E-state index in [0.29, 0.717) is 12.8 Å². The molecular weight excluding hydrogens is 152 g/mol. The van der Waals surface area contributed by atoms with Gasteiger partial charge in [0.15, 0.2) is 9.84 Å². The summed E-state index contributed by atoms with van der Waals surface area (Å²) in [5.41, 5.74) is 0. The third-order valence-electron chi connectivity index (χ3n) is 1.94. The van der Waals surface area contributed by atoms with Crippen LogP contribution in [0.4, 0.5) is 0 Å². The standard InChI is InChI=1S/C6H12O3S/c1-5-2-3-6(7)4-10(5,8)9/h5-7H,2-4H2,1H3. The molecule has 1 heterocycles. The van der Waals surface area contributed by atoms with Crippen LogP contribution in [-0.4, -0.2) is 30.6 Å². The highest BCUT2D eigenvalue weighted by Crippen LogP contribution is 2.18. The largest absolute Gasteiger partial charge is 0.392 e. The first kappa shape index (κ1) is 8.01. The highest BCUT2D eigenvalue weighted by atomic mass is 32.2. The van der Waals surface area contributed by atoms with E-state index in [9.17, 15) is 8.42 Å². The first-order valence-corrected chi connectivity index (χ1v) is 5.13. The summed E-state index contributed by atoms with van der Waals surface area (Å²) >= 11 is 0. The summed E-state index contributed by atoms with van der Waals surface area (Å²) in [6, 6.07) is 0. The van der Waals surface area contributed by atoms with Gasteiger partial charge in [0.25, 0.3) is 0 Å². The Morgan fingerprint density at radius 2 is 2.00 bits per heavy atom. The molecule has 1 saturated heterocycles. The molecule has 1 aliphatic rings. The average molecular weight is 164 g/mol. The van der Waals surface area contributed by atoms with Crippen molar-refractivity contribution >= 4 is 9.84 Å². The number of sulfone groups is 1. The summed E-state index contributed by atoms with van der Waals surface area (Å²) in [6.07, 6.45) is 0.602. The van der Waals surface area contributed by atoms with Gasteiger partial charge in [-0.15, -0.1) is 0 Å². The Hall–Kier alpha value is -0.0900. The van der Waals surface area contributed by atoms with Crippen LogP contribution in [0.2, 0.25) is 0 Å². The summed E-state index contributed by atoms with van der Waals surface area (Å²) in [6.45, 7) is 1.70. The average Bonchev–Trinajstić information content (AvgIpc) is 1.78. The van der Waals surface area contributed by atoms with E-state index < -0.39 is 15.9 Å². The fraction of sp³-hybridized carbons (Fsp3) is 1.00. The van der Waals surface area contributed by atoms with Crippen molar-refractivity contribution in [1.29, 1.82) is 0 Å². The molecule has 2 unspecified atom stereocenters. The second-order valence-electron chi connectivity index (χ2n) is 2.87. The van der Waals surface area contributed by atoms with Crippen LogP contribution in [0.25, 0.3) is 0 Å². The summed E-state index contributed by atoms with van der Waals surface area (Å²) < 4.78 is 22.1. The Kier molecular flexibility index (Phi) is 2.01. The maximum absolute atomic E-state index is 11.0. The molecule has 1 rings (SSSR count). The van der Waals surface area contributed by atoms with Gasteiger partial charge in [-0.3, -0.25) is 0 Å². The maximum Gasteiger partial charge on any atom is 0.155 e. The highest BCUT2D eigenvalue weighted by Gasteiger charge is 2.29. The number of aliphatic hydroxyl groups excluding tert-OH is 1. The molecule has 4 heteroatoms. The van der Waals surface area contributed by atoms with E-state index in [2.05, 4.69) is 0 Å². The zero-order valence-corrected chi connectivity index (χ0v) is 6.76. The number of hydrogen-bond acceptors (Lipinski definition) is 3. The van der Waals surface area contributed by atoms with Gasteiger partial charge in [0, 0.05) is 0 Å². The Bertz CT molecular complexity index is 207. The molecule has 0 aromatic carbocycles. The van der Waals surface area contributed by atoms with Crippen molar-refractivity contribution in [3.8, 4) is 0 Å². The van der Waals surface area contributed by atoms with Crippen LogP contribution in [-0.2, 0) is 9.84 Å². The molecule has 0 saturated carbocycles. The quantitative estimate of drug-likeness (QED) is 0.546. The zero-order chi connectivity index (χ0) is 7.78. The topological polar surface area (TPSA) is 54.4 Å². The molecule has 0 amide bonds. The number of aliphatic hydroxyl groups is 1. The van der Waals surface area contributed by atoms with Gasteiger partial charge in [-0.25, -0.2) is 8.42 Å². The van der Waals surface area contributed by atoms with E-state index in [-0.39, 0.29) is 11.0 Å². The first-order chi connectivity index (χ1) is 4.52. The minimum Gasteiger partial charge on any atom is -0.392 e. The lowest BCUT2D eigenvalue weighted by Gasteiger charge is -2.22.